The average molecular weight is 375 g/mol. The van der Waals surface area contributed by atoms with E-state index in [1.807, 2.05) is 55.5 Å². The summed E-state index contributed by atoms with van der Waals surface area (Å²) in [4.78, 5) is 24.7. The van der Waals surface area contributed by atoms with Crippen molar-refractivity contribution in [1.82, 2.24) is 15.0 Å². The monoisotopic (exact) mass is 375 g/mol. The van der Waals surface area contributed by atoms with Crippen LogP contribution in [0.2, 0.25) is 0 Å². The SMILES string of the molecule is Cc1c(C(=O)OCc2nc(N)nc(Nc3ccccc3)n2)oc2ccccc12. The lowest BCUT2D eigenvalue weighted by Gasteiger charge is -2.07. The lowest BCUT2D eigenvalue weighted by Crippen LogP contribution is -2.11. The Balaban J connectivity index is 1.49. The number of carbonyl (C=O) groups is 1. The number of fused-ring (bicyclic) bond motifs is 1. The second-order valence-corrected chi connectivity index (χ2v) is 6.05. The minimum Gasteiger partial charge on any atom is -0.452 e. The minimum atomic E-state index is -0.592. The van der Waals surface area contributed by atoms with Gasteiger partial charge in [0.25, 0.3) is 0 Å². The Kier molecular flexibility index (Phi) is 4.59. The molecule has 0 aliphatic heterocycles. The van der Waals surface area contributed by atoms with Gasteiger partial charge in [0.1, 0.15) is 5.58 Å². The third-order valence-corrected chi connectivity index (χ3v) is 4.09. The Morgan fingerprint density at radius 3 is 2.61 bits per heavy atom. The van der Waals surface area contributed by atoms with Crippen LogP contribution in [-0.2, 0) is 11.3 Å². The lowest BCUT2D eigenvalue weighted by molar-refractivity contribution is 0.0427. The van der Waals surface area contributed by atoms with Crippen LogP contribution in [0, 0.1) is 6.92 Å². The van der Waals surface area contributed by atoms with E-state index in [4.69, 9.17) is 14.9 Å². The number of ether oxygens (including phenoxy) is 1. The number of hydrogen-bond donors (Lipinski definition) is 2. The van der Waals surface area contributed by atoms with E-state index in [-0.39, 0.29) is 30.1 Å². The topological polar surface area (TPSA) is 116 Å². The Bertz CT molecular complexity index is 1140. The Labute approximate surface area is 160 Å². The molecule has 2 aromatic carbocycles. The first-order valence-corrected chi connectivity index (χ1v) is 8.58. The highest BCUT2D eigenvalue weighted by atomic mass is 16.5. The van der Waals surface area contributed by atoms with Crippen LogP contribution in [0.15, 0.2) is 59.0 Å². The number of aromatic nitrogens is 3. The zero-order chi connectivity index (χ0) is 19.5. The zero-order valence-corrected chi connectivity index (χ0v) is 15.0. The number of aryl methyl sites for hydroxylation is 1. The fourth-order valence-electron chi connectivity index (χ4n) is 2.77. The van der Waals surface area contributed by atoms with Crippen LogP contribution >= 0.6 is 0 Å². The van der Waals surface area contributed by atoms with Gasteiger partial charge in [0, 0.05) is 16.6 Å². The number of benzene rings is 2. The van der Waals surface area contributed by atoms with E-state index < -0.39 is 5.97 Å². The van der Waals surface area contributed by atoms with Gasteiger partial charge in [-0.1, -0.05) is 36.4 Å². The molecule has 0 aliphatic carbocycles. The minimum absolute atomic E-state index is 0.0272. The molecule has 3 N–H and O–H groups in total. The molecule has 0 radical (unpaired) electrons. The summed E-state index contributed by atoms with van der Waals surface area (Å²) < 4.78 is 10.9. The number of esters is 1. The number of furan rings is 1. The molecule has 0 saturated carbocycles. The molecular weight excluding hydrogens is 358 g/mol. The Morgan fingerprint density at radius 2 is 1.82 bits per heavy atom. The Morgan fingerprint density at radius 1 is 1.07 bits per heavy atom. The van der Waals surface area contributed by atoms with Gasteiger partial charge in [0.05, 0.1) is 0 Å². The van der Waals surface area contributed by atoms with Crippen LogP contribution in [0.5, 0.6) is 0 Å². The first kappa shape index (κ1) is 17.5. The van der Waals surface area contributed by atoms with Gasteiger partial charge in [-0.15, -0.1) is 0 Å². The molecule has 2 heterocycles. The number of anilines is 3. The van der Waals surface area contributed by atoms with E-state index in [0.717, 1.165) is 16.6 Å². The standard InChI is InChI=1S/C20H17N5O3/c1-12-14-9-5-6-10-15(14)28-17(12)18(26)27-11-16-23-19(21)25-20(24-16)22-13-7-3-2-4-8-13/h2-10H,11H2,1H3,(H3,21,22,23,24,25). The van der Waals surface area contributed by atoms with Gasteiger partial charge < -0.3 is 20.2 Å². The van der Waals surface area contributed by atoms with Crippen LogP contribution in [-0.4, -0.2) is 20.9 Å². The summed E-state index contributed by atoms with van der Waals surface area (Å²) in [5, 5.41) is 3.90. The molecular formula is C20H17N5O3. The molecule has 2 aromatic heterocycles. The largest absolute Gasteiger partial charge is 0.452 e. The van der Waals surface area contributed by atoms with Gasteiger partial charge in [-0.25, -0.2) is 4.79 Å². The normalized spacial score (nSPS) is 10.8. The van der Waals surface area contributed by atoms with Crippen molar-refractivity contribution in [2.45, 2.75) is 13.5 Å². The molecule has 8 nitrogen and oxygen atoms in total. The van der Waals surface area contributed by atoms with E-state index in [1.54, 1.807) is 6.07 Å². The van der Waals surface area contributed by atoms with Crippen molar-refractivity contribution >= 4 is 34.5 Å². The first-order valence-electron chi connectivity index (χ1n) is 8.58. The molecule has 0 atom stereocenters. The van der Waals surface area contributed by atoms with E-state index in [9.17, 15) is 4.79 Å². The zero-order valence-electron chi connectivity index (χ0n) is 15.0. The maximum atomic E-state index is 12.4. The van der Waals surface area contributed by atoms with Crippen LogP contribution in [0.25, 0.3) is 11.0 Å². The first-order chi connectivity index (χ1) is 13.6. The molecule has 0 unspecified atom stereocenters. The van der Waals surface area contributed by atoms with E-state index in [2.05, 4.69) is 20.3 Å². The van der Waals surface area contributed by atoms with Crippen molar-refractivity contribution < 1.29 is 13.9 Å². The van der Waals surface area contributed by atoms with Gasteiger partial charge in [-0.3, -0.25) is 0 Å². The van der Waals surface area contributed by atoms with Gasteiger partial charge in [-0.05, 0) is 25.1 Å². The molecule has 0 amide bonds. The van der Waals surface area contributed by atoms with Crippen molar-refractivity contribution in [2.24, 2.45) is 0 Å². The second kappa shape index (κ2) is 7.36. The molecule has 4 aromatic rings. The molecule has 140 valence electrons. The van der Waals surface area contributed by atoms with E-state index in [1.165, 1.54) is 0 Å². The summed E-state index contributed by atoms with van der Waals surface area (Å²) in [6.07, 6.45) is 0. The molecule has 28 heavy (non-hydrogen) atoms. The molecule has 0 spiro atoms. The molecule has 0 fully saturated rings. The van der Waals surface area contributed by atoms with Gasteiger partial charge in [-0.2, -0.15) is 15.0 Å². The quantitative estimate of drug-likeness (QED) is 0.508. The maximum absolute atomic E-state index is 12.4. The van der Waals surface area contributed by atoms with Gasteiger partial charge in [0.15, 0.2) is 12.4 Å². The average Bonchev–Trinajstić information content (AvgIpc) is 3.04. The van der Waals surface area contributed by atoms with Gasteiger partial charge >= 0.3 is 5.97 Å². The molecule has 0 saturated heterocycles. The number of carbonyl (C=O) groups excluding carboxylic acids is 1. The van der Waals surface area contributed by atoms with Crippen LogP contribution in [0.3, 0.4) is 0 Å². The van der Waals surface area contributed by atoms with E-state index >= 15 is 0 Å². The summed E-state index contributed by atoms with van der Waals surface area (Å²) in [5.74, 6) is 0.0909. The smallest absolute Gasteiger partial charge is 0.375 e. The highest BCUT2D eigenvalue weighted by Gasteiger charge is 2.19. The number of nitrogen functional groups attached to an aromatic ring is 1. The van der Waals surface area contributed by atoms with Crippen molar-refractivity contribution in [3.63, 3.8) is 0 Å². The summed E-state index contributed by atoms with van der Waals surface area (Å²) in [6.45, 7) is 1.65. The fraction of sp³-hybridized carbons (Fsp3) is 0.100. The third-order valence-electron chi connectivity index (χ3n) is 4.09. The lowest BCUT2D eigenvalue weighted by atomic mass is 10.1. The number of rotatable bonds is 5. The predicted molar refractivity (Wildman–Crippen MR) is 104 cm³/mol. The molecule has 0 aliphatic rings. The molecule has 4 rings (SSSR count). The highest BCUT2D eigenvalue weighted by molar-refractivity contribution is 5.95. The van der Waals surface area contributed by atoms with E-state index in [0.29, 0.717) is 5.58 Å². The van der Waals surface area contributed by atoms with Crippen LogP contribution < -0.4 is 11.1 Å². The summed E-state index contributed by atoms with van der Waals surface area (Å²) in [5.41, 5.74) is 7.90. The summed E-state index contributed by atoms with van der Waals surface area (Å²) in [7, 11) is 0. The maximum Gasteiger partial charge on any atom is 0.375 e. The third kappa shape index (κ3) is 3.61. The Hall–Kier alpha value is -3.94. The second-order valence-electron chi connectivity index (χ2n) is 6.05. The van der Waals surface area contributed by atoms with Crippen molar-refractivity contribution in [3.8, 4) is 0 Å². The van der Waals surface area contributed by atoms with Crippen molar-refractivity contribution in [3.05, 3.63) is 71.7 Å². The molecule has 0 bridgehead atoms. The highest BCUT2D eigenvalue weighted by Crippen LogP contribution is 2.25. The number of nitrogens with zero attached hydrogens (tertiary/aromatic N) is 3. The summed E-state index contributed by atoms with van der Waals surface area (Å²) >= 11 is 0. The van der Waals surface area contributed by atoms with Crippen LogP contribution in [0.4, 0.5) is 17.6 Å². The molecule has 8 heteroatoms. The summed E-state index contributed by atoms with van der Waals surface area (Å²) in [6, 6.07) is 16.8. The van der Waals surface area contributed by atoms with Gasteiger partial charge in [0.2, 0.25) is 17.7 Å². The van der Waals surface area contributed by atoms with Crippen molar-refractivity contribution in [1.29, 1.82) is 0 Å². The number of nitrogens with two attached hydrogens (primary N) is 1. The number of nitrogens with one attached hydrogen (secondary N) is 1. The number of hydrogen-bond acceptors (Lipinski definition) is 8. The number of para-hydroxylation sites is 2. The fourth-order valence-corrected chi connectivity index (χ4v) is 2.77. The van der Waals surface area contributed by atoms with Crippen LogP contribution in [0.1, 0.15) is 21.9 Å². The predicted octanol–water partition coefficient (Wildman–Crippen LogP) is 3.61. The van der Waals surface area contributed by atoms with Crippen molar-refractivity contribution in [2.75, 3.05) is 11.1 Å².